The van der Waals surface area contributed by atoms with Crippen LogP contribution < -0.4 is 0 Å². The smallest absolute Gasteiger partial charge is 0.479 e. The fraction of sp³-hybridized carbons (Fsp3) is 0.800. The number of carboxylic acid groups (broad SMARTS) is 1. The molecule has 0 aromatic heterocycles. The molecule has 0 saturated carbocycles. The van der Waals surface area contributed by atoms with Crippen LogP contribution in [0, 0.1) is 0 Å². The number of halogens is 3. The van der Waals surface area contributed by atoms with Crippen LogP contribution in [0.5, 0.6) is 0 Å². The zero-order valence-electron chi connectivity index (χ0n) is 7.12. The number of hydrogen-bond donors (Lipinski definition) is 1. The van der Waals surface area contributed by atoms with E-state index in [-0.39, 0.29) is 0 Å². The molecule has 0 aromatic rings. The van der Waals surface area contributed by atoms with E-state index in [0.717, 1.165) is 0 Å². The molecular weight excluding hydrogens is 229 g/mol. The van der Waals surface area contributed by atoms with Crippen molar-refractivity contribution in [2.45, 2.75) is 25.0 Å². The first-order chi connectivity index (χ1) is 5.90. The Kier molecular flexibility index (Phi) is 3.19. The van der Waals surface area contributed by atoms with Crippen LogP contribution in [0.15, 0.2) is 0 Å². The zero-order valence-corrected chi connectivity index (χ0v) is 7.94. The van der Waals surface area contributed by atoms with Gasteiger partial charge in [0.1, 0.15) is 0 Å². The quantitative estimate of drug-likeness (QED) is 0.576. The maximum atomic E-state index is 11.7. The molecule has 0 aromatic carbocycles. The third-order valence-corrected chi connectivity index (χ3v) is 2.32. The number of aliphatic carboxylic acids is 1. The lowest BCUT2D eigenvalue weighted by molar-refractivity contribution is -0.153. The highest BCUT2D eigenvalue weighted by Crippen LogP contribution is 2.28. The fourth-order valence-corrected chi connectivity index (χ4v) is 1.07. The normalized spacial score (nSPS) is 14.1. The second-order valence-corrected chi connectivity index (χ2v) is 4.34. The van der Waals surface area contributed by atoms with Crippen molar-refractivity contribution in [3.05, 3.63) is 0 Å². The molecule has 9 heteroatoms. The van der Waals surface area contributed by atoms with Gasteiger partial charge in [0.25, 0.3) is 0 Å². The molecule has 0 fully saturated rings. The van der Waals surface area contributed by atoms with Gasteiger partial charge in [0, 0.05) is 0 Å². The largest absolute Gasteiger partial charge is 0.523 e. The van der Waals surface area contributed by atoms with Crippen molar-refractivity contribution >= 4 is 16.1 Å². The minimum Gasteiger partial charge on any atom is -0.479 e. The summed E-state index contributed by atoms with van der Waals surface area (Å²) in [5.74, 6) is -1.81. The Morgan fingerprint density at radius 1 is 1.29 bits per heavy atom. The monoisotopic (exact) mass is 236 g/mol. The van der Waals surface area contributed by atoms with Gasteiger partial charge in [0.05, 0.1) is 0 Å². The van der Waals surface area contributed by atoms with Crippen molar-refractivity contribution in [3.63, 3.8) is 0 Å². The van der Waals surface area contributed by atoms with E-state index < -0.39 is 27.2 Å². The Bertz CT molecular complexity index is 328. The van der Waals surface area contributed by atoms with Gasteiger partial charge in [-0.25, -0.2) is 8.98 Å². The van der Waals surface area contributed by atoms with E-state index in [9.17, 15) is 26.4 Å². The van der Waals surface area contributed by atoms with E-state index in [1.54, 1.807) is 0 Å². The lowest BCUT2D eigenvalue weighted by Crippen LogP contribution is -2.41. The number of hydrogen-bond acceptors (Lipinski definition) is 4. The highest BCUT2D eigenvalue weighted by molar-refractivity contribution is 7.87. The molecule has 14 heavy (non-hydrogen) atoms. The summed E-state index contributed by atoms with van der Waals surface area (Å²) in [4.78, 5) is 10.3. The van der Waals surface area contributed by atoms with E-state index in [2.05, 4.69) is 4.18 Å². The molecule has 0 aliphatic carbocycles. The Morgan fingerprint density at radius 3 is 1.86 bits per heavy atom. The fourth-order valence-electron chi connectivity index (χ4n) is 0.357. The summed E-state index contributed by atoms with van der Waals surface area (Å²) in [5, 5.41) is 8.31. The summed E-state index contributed by atoms with van der Waals surface area (Å²) in [6.07, 6.45) is 0. The van der Waals surface area contributed by atoms with Crippen LogP contribution >= 0.6 is 0 Å². The highest BCUT2D eigenvalue weighted by atomic mass is 32.2. The van der Waals surface area contributed by atoms with Gasteiger partial charge in [-0.2, -0.15) is 21.6 Å². The van der Waals surface area contributed by atoms with Crippen molar-refractivity contribution in [2.24, 2.45) is 0 Å². The number of alkyl halides is 3. The van der Waals surface area contributed by atoms with Crippen molar-refractivity contribution in [1.82, 2.24) is 0 Å². The van der Waals surface area contributed by atoms with Gasteiger partial charge in [0.15, 0.2) is 5.60 Å². The molecule has 0 bridgehead atoms. The summed E-state index contributed by atoms with van der Waals surface area (Å²) >= 11 is 0. The second-order valence-electron chi connectivity index (χ2n) is 2.80. The van der Waals surface area contributed by atoms with Crippen LogP contribution in [0.4, 0.5) is 13.2 Å². The summed E-state index contributed by atoms with van der Waals surface area (Å²) in [5.41, 5.74) is -8.08. The Labute approximate surface area is 77.6 Å². The van der Waals surface area contributed by atoms with Crippen LogP contribution in [-0.2, 0) is 19.1 Å². The third-order valence-electron chi connectivity index (χ3n) is 1.12. The van der Waals surface area contributed by atoms with E-state index >= 15 is 0 Å². The van der Waals surface area contributed by atoms with E-state index in [1.807, 2.05) is 0 Å². The van der Waals surface area contributed by atoms with Gasteiger partial charge in [0.2, 0.25) is 0 Å². The Morgan fingerprint density at radius 2 is 1.64 bits per heavy atom. The SMILES string of the molecule is CC(C)(OS(=O)(=O)C(F)(F)F)C(=O)O. The molecule has 0 unspecified atom stereocenters. The van der Waals surface area contributed by atoms with Gasteiger partial charge >= 0.3 is 21.6 Å². The van der Waals surface area contributed by atoms with E-state index in [4.69, 9.17) is 5.11 Å². The summed E-state index contributed by atoms with van der Waals surface area (Å²) in [6, 6.07) is 0. The minimum absolute atomic E-state index is 0.693. The van der Waals surface area contributed by atoms with E-state index in [0.29, 0.717) is 13.8 Å². The second kappa shape index (κ2) is 3.39. The maximum absolute atomic E-state index is 11.7. The summed E-state index contributed by atoms with van der Waals surface area (Å²) in [7, 11) is -5.88. The number of carbonyl (C=O) groups is 1. The Hall–Kier alpha value is -0.830. The average Bonchev–Trinajstić information content (AvgIpc) is 1.80. The first-order valence-electron chi connectivity index (χ1n) is 3.15. The van der Waals surface area contributed by atoms with Crippen LogP contribution in [0.1, 0.15) is 13.8 Å². The van der Waals surface area contributed by atoms with Gasteiger partial charge < -0.3 is 5.11 Å². The van der Waals surface area contributed by atoms with Gasteiger partial charge in [-0.3, -0.25) is 0 Å². The molecule has 5 nitrogen and oxygen atoms in total. The highest BCUT2D eigenvalue weighted by Gasteiger charge is 2.51. The number of carboxylic acids is 1. The standard InChI is InChI=1S/C5H7F3O5S/c1-4(2,3(9)10)13-14(11,12)5(6,7)8/h1-2H3,(H,9,10). The molecule has 1 N–H and O–H groups in total. The third kappa shape index (κ3) is 2.84. The van der Waals surface area contributed by atoms with Crippen molar-refractivity contribution < 1.29 is 35.7 Å². The van der Waals surface area contributed by atoms with Gasteiger partial charge in [-0.1, -0.05) is 0 Å². The number of rotatable bonds is 3. The molecule has 84 valence electrons. The molecule has 0 amide bonds. The lowest BCUT2D eigenvalue weighted by atomic mass is 10.1. The molecule has 0 aliphatic rings. The lowest BCUT2D eigenvalue weighted by Gasteiger charge is -2.19. The topological polar surface area (TPSA) is 80.7 Å². The maximum Gasteiger partial charge on any atom is 0.523 e. The molecule has 0 radical (unpaired) electrons. The van der Waals surface area contributed by atoms with Crippen LogP contribution in [-0.4, -0.2) is 30.6 Å². The molecule has 0 heterocycles. The molecule has 0 rings (SSSR count). The van der Waals surface area contributed by atoms with Gasteiger partial charge in [-0.15, -0.1) is 0 Å². The zero-order chi connectivity index (χ0) is 11.8. The molecule has 0 aliphatic heterocycles. The summed E-state index contributed by atoms with van der Waals surface area (Å²) in [6.45, 7) is 1.39. The minimum atomic E-state index is -5.88. The van der Waals surface area contributed by atoms with Crippen molar-refractivity contribution in [1.29, 1.82) is 0 Å². The molecule has 0 spiro atoms. The van der Waals surface area contributed by atoms with Crippen LogP contribution in [0.2, 0.25) is 0 Å². The Balaban J connectivity index is 4.97. The summed E-state index contributed by atoms with van der Waals surface area (Å²) < 4.78 is 59.4. The van der Waals surface area contributed by atoms with Crippen molar-refractivity contribution in [3.8, 4) is 0 Å². The first-order valence-corrected chi connectivity index (χ1v) is 4.56. The molecule has 0 saturated heterocycles. The molecular formula is C5H7F3O5S. The molecule has 0 atom stereocenters. The average molecular weight is 236 g/mol. The first kappa shape index (κ1) is 13.2. The van der Waals surface area contributed by atoms with Gasteiger partial charge in [-0.05, 0) is 13.8 Å². The van der Waals surface area contributed by atoms with Crippen LogP contribution in [0.3, 0.4) is 0 Å². The van der Waals surface area contributed by atoms with E-state index in [1.165, 1.54) is 0 Å². The van der Waals surface area contributed by atoms with Crippen LogP contribution in [0.25, 0.3) is 0 Å². The predicted octanol–water partition coefficient (Wildman–Crippen LogP) is 0.716. The van der Waals surface area contributed by atoms with Crippen molar-refractivity contribution in [2.75, 3.05) is 0 Å². The predicted molar refractivity (Wildman–Crippen MR) is 37.8 cm³/mol.